The first-order valence-corrected chi connectivity index (χ1v) is 10.0. The van der Waals surface area contributed by atoms with E-state index in [1.54, 1.807) is 18.4 Å². The smallest absolute Gasteiger partial charge is 0.261 e. The first kappa shape index (κ1) is 19.3. The molecule has 5 nitrogen and oxygen atoms in total. The van der Waals surface area contributed by atoms with Crippen molar-refractivity contribution in [1.29, 1.82) is 0 Å². The summed E-state index contributed by atoms with van der Waals surface area (Å²) in [7, 11) is 1.64. The molecule has 2 heterocycles. The van der Waals surface area contributed by atoms with Crippen molar-refractivity contribution in [3.8, 4) is 0 Å². The Morgan fingerprint density at radius 1 is 1.42 bits per heavy atom. The zero-order valence-electron chi connectivity index (χ0n) is 15.8. The molecule has 0 radical (unpaired) electrons. The number of nitrogens with one attached hydrogen (secondary N) is 1. The number of methoxy groups -OCH3 is 1. The Labute approximate surface area is 159 Å². The molecule has 1 aromatic carbocycles. The number of morpholine rings is 1. The summed E-state index contributed by atoms with van der Waals surface area (Å²) < 4.78 is 12.3. The highest BCUT2D eigenvalue weighted by molar-refractivity contribution is 7.21. The summed E-state index contributed by atoms with van der Waals surface area (Å²) in [6.07, 6.45) is -0.0678. The van der Waals surface area contributed by atoms with E-state index in [-0.39, 0.29) is 12.0 Å². The molecular weight excluding hydrogens is 348 g/mol. The standard InChI is InChI=1S/C20H28N2O3S/c1-14(2)12-22-9-11-25-16(13-22)18-15-6-4-5-7-17(15)26-19(18)20(23)21-8-10-24-3/h4-7,14,16H,8-13H2,1-3H3,(H,21,23)/t16-/m1/s1. The van der Waals surface area contributed by atoms with E-state index in [1.165, 1.54) is 0 Å². The topological polar surface area (TPSA) is 50.8 Å². The molecule has 1 amide bonds. The van der Waals surface area contributed by atoms with Gasteiger partial charge in [0.25, 0.3) is 5.91 Å². The third kappa shape index (κ3) is 4.43. The van der Waals surface area contributed by atoms with E-state index in [0.29, 0.717) is 25.7 Å². The van der Waals surface area contributed by atoms with Gasteiger partial charge in [-0.1, -0.05) is 32.0 Å². The minimum atomic E-state index is -0.0678. The fraction of sp³-hybridized carbons (Fsp3) is 0.550. The number of benzene rings is 1. The Hall–Kier alpha value is -1.47. The monoisotopic (exact) mass is 376 g/mol. The summed E-state index contributed by atoms with van der Waals surface area (Å²) in [4.78, 5) is 16.0. The van der Waals surface area contributed by atoms with Crippen LogP contribution in [0.2, 0.25) is 0 Å². The summed E-state index contributed by atoms with van der Waals surface area (Å²) in [6.45, 7) is 9.02. The Balaban J connectivity index is 1.90. The highest BCUT2D eigenvalue weighted by Crippen LogP contribution is 2.38. The van der Waals surface area contributed by atoms with E-state index >= 15 is 0 Å². The molecule has 1 aliphatic heterocycles. The van der Waals surface area contributed by atoms with Crippen LogP contribution in [0.15, 0.2) is 24.3 Å². The van der Waals surface area contributed by atoms with Gasteiger partial charge in [-0.2, -0.15) is 0 Å². The normalized spacial score (nSPS) is 18.5. The number of hydrogen-bond acceptors (Lipinski definition) is 5. The predicted molar refractivity (Wildman–Crippen MR) is 106 cm³/mol. The third-order valence-corrected chi connectivity index (χ3v) is 5.71. The van der Waals surface area contributed by atoms with Crippen LogP contribution in [0, 0.1) is 5.92 Å². The van der Waals surface area contributed by atoms with Crippen LogP contribution in [-0.2, 0) is 9.47 Å². The predicted octanol–water partition coefficient (Wildman–Crippen LogP) is 3.31. The molecule has 0 spiro atoms. The minimum absolute atomic E-state index is 0.0390. The summed E-state index contributed by atoms with van der Waals surface area (Å²) in [5.41, 5.74) is 1.04. The molecule has 0 unspecified atom stereocenters. The van der Waals surface area contributed by atoms with Crippen molar-refractivity contribution in [3.63, 3.8) is 0 Å². The van der Waals surface area contributed by atoms with Crippen molar-refractivity contribution in [2.24, 2.45) is 5.92 Å². The van der Waals surface area contributed by atoms with Gasteiger partial charge in [0.2, 0.25) is 0 Å². The van der Waals surface area contributed by atoms with Crippen LogP contribution < -0.4 is 5.32 Å². The van der Waals surface area contributed by atoms with Gasteiger partial charge < -0.3 is 14.8 Å². The van der Waals surface area contributed by atoms with Gasteiger partial charge in [-0.25, -0.2) is 0 Å². The molecule has 142 valence electrons. The van der Waals surface area contributed by atoms with E-state index in [4.69, 9.17) is 9.47 Å². The molecule has 1 N–H and O–H groups in total. The van der Waals surface area contributed by atoms with Crippen molar-refractivity contribution in [1.82, 2.24) is 10.2 Å². The Morgan fingerprint density at radius 2 is 2.23 bits per heavy atom. The van der Waals surface area contributed by atoms with Crippen molar-refractivity contribution in [2.75, 3.05) is 46.5 Å². The number of fused-ring (bicyclic) bond motifs is 1. The highest BCUT2D eigenvalue weighted by Gasteiger charge is 2.29. The van der Waals surface area contributed by atoms with Gasteiger partial charge >= 0.3 is 0 Å². The van der Waals surface area contributed by atoms with Crippen LogP contribution in [0.3, 0.4) is 0 Å². The first-order chi connectivity index (χ1) is 12.6. The molecule has 1 fully saturated rings. The average molecular weight is 377 g/mol. The van der Waals surface area contributed by atoms with E-state index in [2.05, 4.69) is 36.2 Å². The maximum atomic E-state index is 12.8. The molecule has 1 atom stereocenters. The number of hydrogen-bond donors (Lipinski definition) is 1. The second-order valence-corrected chi connectivity index (χ2v) is 8.15. The van der Waals surface area contributed by atoms with E-state index in [9.17, 15) is 4.79 Å². The van der Waals surface area contributed by atoms with Gasteiger partial charge in [-0.05, 0) is 17.4 Å². The van der Waals surface area contributed by atoms with Crippen LogP contribution >= 0.6 is 11.3 Å². The Kier molecular flexibility index (Phi) is 6.64. The second kappa shape index (κ2) is 8.95. The van der Waals surface area contributed by atoms with Gasteiger partial charge in [0, 0.05) is 43.6 Å². The summed E-state index contributed by atoms with van der Waals surface area (Å²) in [5, 5.41) is 4.09. The van der Waals surface area contributed by atoms with E-state index in [0.717, 1.165) is 40.2 Å². The molecule has 1 aliphatic rings. The SMILES string of the molecule is COCCNC(=O)c1sc2ccccc2c1[C@H]1CN(CC(C)C)CCO1. The molecule has 3 rings (SSSR count). The van der Waals surface area contributed by atoms with Crippen molar-refractivity contribution in [3.05, 3.63) is 34.7 Å². The maximum absolute atomic E-state index is 12.8. The molecule has 0 bridgehead atoms. The number of thiophene rings is 1. The van der Waals surface area contributed by atoms with Gasteiger partial charge in [0.1, 0.15) is 0 Å². The van der Waals surface area contributed by atoms with Crippen LogP contribution in [0.5, 0.6) is 0 Å². The summed E-state index contributed by atoms with van der Waals surface area (Å²) in [6, 6.07) is 8.21. The van der Waals surface area contributed by atoms with E-state index in [1.807, 2.05) is 12.1 Å². The number of rotatable bonds is 7. The lowest BCUT2D eigenvalue weighted by atomic mass is 10.0. The molecule has 26 heavy (non-hydrogen) atoms. The quantitative estimate of drug-likeness (QED) is 0.754. The first-order valence-electron chi connectivity index (χ1n) is 9.22. The van der Waals surface area contributed by atoms with Crippen molar-refractivity contribution >= 4 is 27.3 Å². The molecule has 6 heteroatoms. The zero-order valence-corrected chi connectivity index (χ0v) is 16.6. The second-order valence-electron chi connectivity index (χ2n) is 7.10. The maximum Gasteiger partial charge on any atom is 0.261 e. The lowest BCUT2D eigenvalue weighted by Gasteiger charge is -2.34. The summed E-state index contributed by atoms with van der Waals surface area (Å²) >= 11 is 1.55. The van der Waals surface area contributed by atoms with Gasteiger partial charge in [0.05, 0.1) is 24.2 Å². The molecular formula is C20H28N2O3S. The third-order valence-electron chi connectivity index (χ3n) is 4.53. The van der Waals surface area contributed by atoms with E-state index < -0.39 is 0 Å². The lowest BCUT2D eigenvalue weighted by molar-refractivity contribution is -0.0326. The van der Waals surface area contributed by atoms with Crippen LogP contribution in [0.4, 0.5) is 0 Å². The average Bonchev–Trinajstić information content (AvgIpc) is 3.01. The number of carbonyl (C=O) groups is 1. The molecule has 0 aliphatic carbocycles. The van der Waals surface area contributed by atoms with Crippen LogP contribution in [0.1, 0.15) is 35.2 Å². The van der Waals surface area contributed by atoms with Crippen molar-refractivity contribution in [2.45, 2.75) is 20.0 Å². The number of carbonyl (C=O) groups excluding carboxylic acids is 1. The van der Waals surface area contributed by atoms with Crippen LogP contribution in [0.25, 0.3) is 10.1 Å². The van der Waals surface area contributed by atoms with Crippen molar-refractivity contribution < 1.29 is 14.3 Å². The largest absolute Gasteiger partial charge is 0.383 e. The Morgan fingerprint density at radius 3 is 3.00 bits per heavy atom. The van der Waals surface area contributed by atoms with Crippen LogP contribution in [-0.4, -0.2) is 57.3 Å². The number of amides is 1. The van der Waals surface area contributed by atoms with Gasteiger partial charge in [0.15, 0.2) is 0 Å². The zero-order chi connectivity index (χ0) is 18.5. The minimum Gasteiger partial charge on any atom is -0.383 e. The highest BCUT2D eigenvalue weighted by atomic mass is 32.1. The molecule has 2 aromatic rings. The van der Waals surface area contributed by atoms with Gasteiger partial charge in [-0.3, -0.25) is 9.69 Å². The molecule has 0 saturated carbocycles. The van der Waals surface area contributed by atoms with Gasteiger partial charge in [-0.15, -0.1) is 11.3 Å². The fourth-order valence-electron chi connectivity index (χ4n) is 3.46. The Bertz CT molecular complexity index is 744. The summed E-state index contributed by atoms with van der Waals surface area (Å²) in [5.74, 6) is 0.576. The molecule has 1 aromatic heterocycles. The lowest BCUT2D eigenvalue weighted by Crippen LogP contribution is -2.40. The number of ether oxygens (including phenoxy) is 2. The number of nitrogens with zero attached hydrogens (tertiary/aromatic N) is 1. The fourth-order valence-corrected chi connectivity index (χ4v) is 4.63. The molecule has 1 saturated heterocycles.